The van der Waals surface area contributed by atoms with Crippen LogP contribution in [0.3, 0.4) is 0 Å². The van der Waals surface area contributed by atoms with Crippen molar-refractivity contribution in [3.63, 3.8) is 0 Å². The first-order valence-corrected chi connectivity index (χ1v) is 6.10. The molecule has 2 rings (SSSR count). The van der Waals surface area contributed by atoms with E-state index in [4.69, 9.17) is 17.3 Å². The Labute approximate surface area is 118 Å². The molecule has 0 spiro atoms. The summed E-state index contributed by atoms with van der Waals surface area (Å²) in [6.45, 7) is -2.88. The highest BCUT2D eigenvalue weighted by molar-refractivity contribution is 6.31. The molecule has 2 N–H and O–H groups in total. The number of hydrogen-bond donors (Lipinski definition) is 1. The van der Waals surface area contributed by atoms with Crippen molar-refractivity contribution in [2.75, 3.05) is 0 Å². The van der Waals surface area contributed by atoms with Gasteiger partial charge in [-0.05, 0) is 41.5 Å². The van der Waals surface area contributed by atoms with Gasteiger partial charge < -0.3 is 10.5 Å². The summed E-state index contributed by atoms with van der Waals surface area (Å²) in [6, 6.07) is 9.05. The lowest BCUT2D eigenvalue weighted by Gasteiger charge is -2.15. The van der Waals surface area contributed by atoms with Crippen molar-refractivity contribution in [3.8, 4) is 5.75 Å². The molecule has 1 atom stereocenters. The van der Waals surface area contributed by atoms with Gasteiger partial charge in [0, 0.05) is 5.02 Å². The molecule has 0 bridgehead atoms. The normalized spacial score (nSPS) is 12.5. The number of nitrogens with two attached hydrogens (primary N) is 1. The molecule has 0 aliphatic rings. The van der Waals surface area contributed by atoms with E-state index in [9.17, 15) is 13.2 Å². The first-order valence-electron chi connectivity index (χ1n) is 5.72. The third-order valence-electron chi connectivity index (χ3n) is 2.76. The van der Waals surface area contributed by atoms with Crippen molar-refractivity contribution >= 4 is 11.6 Å². The highest BCUT2D eigenvalue weighted by Crippen LogP contribution is 2.28. The maximum absolute atomic E-state index is 13.2. The molecule has 0 heterocycles. The Balaban J connectivity index is 2.24. The lowest BCUT2D eigenvalue weighted by Crippen LogP contribution is -2.12. The van der Waals surface area contributed by atoms with Crippen molar-refractivity contribution in [2.45, 2.75) is 12.7 Å². The Hall–Kier alpha value is -1.72. The van der Waals surface area contributed by atoms with Gasteiger partial charge in [-0.15, -0.1) is 0 Å². The second-order valence-corrected chi connectivity index (χ2v) is 4.50. The minimum absolute atomic E-state index is 0.0290. The zero-order valence-corrected chi connectivity index (χ0v) is 10.9. The average Bonchev–Trinajstić information content (AvgIpc) is 2.41. The first-order chi connectivity index (χ1) is 9.47. The van der Waals surface area contributed by atoms with Gasteiger partial charge in [0.15, 0.2) is 0 Å². The molecule has 6 heteroatoms. The van der Waals surface area contributed by atoms with Gasteiger partial charge in [0.1, 0.15) is 11.6 Å². The molecule has 20 heavy (non-hydrogen) atoms. The second-order valence-electron chi connectivity index (χ2n) is 4.09. The monoisotopic (exact) mass is 301 g/mol. The summed E-state index contributed by atoms with van der Waals surface area (Å²) >= 11 is 5.97. The van der Waals surface area contributed by atoms with Gasteiger partial charge in [0.25, 0.3) is 0 Å². The second kappa shape index (κ2) is 6.15. The van der Waals surface area contributed by atoms with Gasteiger partial charge >= 0.3 is 6.61 Å². The van der Waals surface area contributed by atoms with Crippen LogP contribution in [-0.2, 0) is 0 Å². The van der Waals surface area contributed by atoms with E-state index in [-0.39, 0.29) is 5.75 Å². The van der Waals surface area contributed by atoms with Crippen molar-refractivity contribution in [2.24, 2.45) is 5.73 Å². The van der Waals surface area contributed by atoms with Gasteiger partial charge in [-0.3, -0.25) is 0 Å². The zero-order valence-electron chi connectivity index (χ0n) is 10.2. The molecule has 106 valence electrons. The molecular weight excluding hydrogens is 291 g/mol. The summed E-state index contributed by atoms with van der Waals surface area (Å²) in [6.07, 6.45) is 0. The predicted octanol–water partition coefficient (Wildman–Crippen LogP) is 4.13. The van der Waals surface area contributed by atoms with Crippen LogP contribution in [0.15, 0.2) is 42.5 Å². The van der Waals surface area contributed by atoms with E-state index < -0.39 is 18.5 Å². The first kappa shape index (κ1) is 14.7. The number of hydrogen-bond acceptors (Lipinski definition) is 2. The average molecular weight is 302 g/mol. The van der Waals surface area contributed by atoms with Gasteiger partial charge in [0.2, 0.25) is 0 Å². The van der Waals surface area contributed by atoms with Gasteiger partial charge in [0.05, 0.1) is 6.04 Å². The minimum atomic E-state index is -2.88. The molecule has 0 saturated carbocycles. The summed E-state index contributed by atoms with van der Waals surface area (Å²) in [5.41, 5.74) is 7.03. The highest BCUT2D eigenvalue weighted by atomic mass is 35.5. The number of halogens is 4. The molecule has 0 saturated heterocycles. The number of ether oxygens (including phenoxy) is 1. The molecule has 2 nitrogen and oxygen atoms in total. The third kappa shape index (κ3) is 3.43. The molecule has 0 radical (unpaired) electrons. The Bertz CT molecular complexity index is 589. The van der Waals surface area contributed by atoms with E-state index in [0.717, 1.165) is 0 Å². The molecule has 2 aromatic rings. The minimum Gasteiger partial charge on any atom is -0.435 e. The van der Waals surface area contributed by atoms with Gasteiger partial charge in [-0.25, -0.2) is 4.39 Å². The standard InChI is InChI=1S/C14H11ClF3NO/c15-12-6-3-9(16)7-11(12)13(19)8-1-4-10(5-2-8)20-14(17)18/h1-7,13-14H,19H2. The molecular formula is C14H11ClF3NO. The van der Waals surface area contributed by atoms with Gasteiger partial charge in [-0.1, -0.05) is 23.7 Å². The van der Waals surface area contributed by atoms with Crippen LogP contribution in [0.1, 0.15) is 17.2 Å². The maximum Gasteiger partial charge on any atom is 0.387 e. The van der Waals surface area contributed by atoms with Crippen molar-refractivity contribution in [1.82, 2.24) is 0 Å². The predicted molar refractivity (Wildman–Crippen MR) is 70.5 cm³/mol. The number of alkyl halides is 2. The summed E-state index contributed by atoms with van der Waals surface area (Å²) in [5, 5.41) is 0.340. The lowest BCUT2D eigenvalue weighted by atomic mass is 9.99. The van der Waals surface area contributed by atoms with Crippen molar-refractivity contribution < 1.29 is 17.9 Å². The van der Waals surface area contributed by atoms with Crippen LogP contribution in [0.2, 0.25) is 5.02 Å². The Morgan fingerprint density at radius 2 is 1.70 bits per heavy atom. The summed E-state index contributed by atoms with van der Waals surface area (Å²) in [5.74, 6) is -0.418. The van der Waals surface area contributed by atoms with Crippen molar-refractivity contribution in [3.05, 3.63) is 64.4 Å². The highest BCUT2D eigenvalue weighted by Gasteiger charge is 2.14. The van der Waals surface area contributed by atoms with Crippen LogP contribution in [0.4, 0.5) is 13.2 Å². The van der Waals surface area contributed by atoms with E-state index >= 15 is 0 Å². The van der Waals surface area contributed by atoms with E-state index in [0.29, 0.717) is 16.1 Å². The fourth-order valence-corrected chi connectivity index (χ4v) is 2.02. The topological polar surface area (TPSA) is 35.2 Å². The Kier molecular flexibility index (Phi) is 4.52. The van der Waals surface area contributed by atoms with E-state index in [1.54, 1.807) is 0 Å². The van der Waals surface area contributed by atoms with Crippen LogP contribution in [0.25, 0.3) is 0 Å². The summed E-state index contributed by atoms with van der Waals surface area (Å²) < 4.78 is 41.5. The van der Waals surface area contributed by atoms with Crippen molar-refractivity contribution in [1.29, 1.82) is 0 Å². The summed E-state index contributed by atoms with van der Waals surface area (Å²) in [4.78, 5) is 0. The maximum atomic E-state index is 13.2. The quantitative estimate of drug-likeness (QED) is 0.921. The zero-order chi connectivity index (χ0) is 14.7. The molecule has 0 amide bonds. The van der Waals surface area contributed by atoms with Crippen LogP contribution < -0.4 is 10.5 Å². The van der Waals surface area contributed by atoms with Crippen LogP contribution in [0, 0.1) is 5.82 Å². The summed E-state index contributed by atoms with van der Waals surface area (Å²) in [7, 11) is 0. The number of rotatable bonds is 4. The molecule has 0 aliphatic carbocycles. The Morgan fingerprint density at radius 1 is 1.05 bits per heavy atom. The molecule has 0 fully saturated rings. The van der Waals surface area contributed by atoms with Crippen LogP contribution >= 0.6 is 11.6 Å². The molecule has 1 unspecified atom stereocenters. The molecule has 0 aliphatic heterocycles. The van der Waals surface area contributed by atoms with Crippen LogP contribution in [0.5, 0.6) is 5.75 Å². The van der Waals surface area contributed by atoms with E-state index in [2.05, 4.69) is 4.74 Å². The van der Waals surface area contributed by atoms with Gasteiger partial charge in [-0.2, -0.15) is 8.78 Å². The SMILES string of the molecule is NC(c1ccc(OC(F)F)cc1)c1cc(F)ccc1Cl. The fraction of sp³-hybridized carbons (Fsp3) is 0.143. The molecule has 0 aromatic heterocycles. The number of benzene rings is 2. The largest absolute Gasteiger partial charge is 0.435 e. The van der Waals surface area contributed by atoms with E-state index in [1.165, 1.54) is 42.5 Å². The fourth-order valence-electron chi connectivity index (χ4n) is 1.79. The third-order valence-corrected chi connectivity index (χ3v) is 3.10. The lowest BCUT2D eigenvalue weighted by molar-refractivity contribution is -0.0498. The Morgan fingerprint density at radius 3 is 2.30 bits per heavy atom. The smallest absolute Gasteiger partial charge is 0.387 e. The molecule has 2 aromatic carbocycles. The van der Waals surface area contributed by atoms with E-state index in [1.807, 2.05) is 0 Å². The van der Waals surface area contributed by atoms with Crippen LogP contribution in [-0.4, -0.2) is 6.61 Å².